The predicted octanol–water partition coefficient (Wildman–Crippen LogP) is 3.24. The van der Waals surface area contributed by atoms with Crippen molar-refractivity contribution in [2.45, 2.75) is 26.4 Å². The summed E-state index contributed by atoms with van der Waals surface area (Å²) >= 11 is 0. The zero-order valence-corrected chi connectivity index (χ0v) is 8.60. The maximum Gasteiger partial charge on any atom is 0.126 e. The molecule has 78 valence electrons. The van der Waals surface area contributed by atoms with Crippen LogP contribution in [0.4, 0.5) is 8.78 Å². The van der Waals surface area contributed by atoms with Crippen molar-refractivity contribution in [2.24, 2.45) is 0 Å². The molecule has 0 fully saturated rings. The summed E-state index contributed by atoms with van der Waals surface area (Å²) in [6, 6.07) is 3.43. The topological polar surface area (TPSA) is 9.23 Å². The monoisotopic (exact) mass is 200 g/mol. The SMILES string of the molecule is CCOC(C)(C)c1cc(F)cc(F)c1. The molecule has 0 saturated carbocycles. The Labute approximate surface area is 82.7 Å². The van der Waals surface area contributed by atoms with Crippen LogP contribution in [0.15, 0.2) is 18.2 Å². The number of hydrogen-bond acceptors (Lipinski definition) is 1. The lowest BCUT2D eigenvalue weighted by Crippen LogP contribution is -2.21. The lowest BCUT2D eigenvalue weighted by atomic mass is 9.98. The molecule has 0 N–H and O–H groups in total. The molecule has 0 amide bonds. The lowest BCUT2D eigenvalue weighted by Gasteiger charge is -2.25. The fourth-order valence-electron chi connectivity index (χ4n) is 1.35. The largest absolute Gasteiger partial charge is 0.371 e. The van der Waals surface area contributed by atoms with Gasteiger partial charge < -0.3 is 4.74 Å². The summed E-state index contributed by atoms with van der Waals surface area (Å²) in [5.41, 5.74) is -0.144. The molecule has 0 bridgehead atoms. The van der Waals surface area contributed by atoms with E-state index in [1.165, 1.54) is 12.1 Å². The van der Waals surface area contributed by atoms with Gasteiger partial charge in [0.2, 0.25) is 0 Å². The van der Waals surface area contributed by atoms with Gasteiger partial charge in [0.15, 0.2) is 0 Å². The van der Waals surface area contributed by atoms with E-state index in [0.29, 0.717) is 12.2 Å². The van der Waals surface area contributed by atoms with Crippen LogP contribution in [0.2, 0.25) is 0 Å². The van der Waals surface area contributed by atoms with E-state index in [9.17, 15) is 8.78 Å². The van der Waals surface area contributed by atoms with Crippen LogP contribution in [0, 0.1) is 11.6 Å². The van der Waals surface area contributed by atoms with E-state index in [1.807, 2.05) is 6.92 Å². The predicted molar refractivity (Wildman–Crippen MR) is 51.0 cm³/mol. The maximum atomic E-state index is 12.9. The average Bonchev–Trinajstić information content (AvgIpc) is 2.02. The van der Waals surface area contributed by atoms with Crippen molar-refractivity contribution in [2.75, 3.05) is 6.61 Å². The molecular formula is C11H14F2O. The maximum absolute atomic E-state index is 12.9. The van der Waals surface area contributed by atoms with Crippen molar-refractivity contribution in [1.82, 2.24) is 0 Å². The number of ether oxygens (including phenoxy) is 1. The highest BCUT2D eigenvalue weighted by Crippen LogP contribution is 2.25. The van der Waals surface area contributed by atoms with E-state index in [-0.39, 0.29) is 0 Å². The molecule has 0 spiro atoms. The first kappa shape index (κ1) is 11.1. The minimum atomic E-state index is -0.655. The molecule has 1 aromatic rings. The molecule has 3 heteroatoms. The first-order valence-corrected chi connectivity index (χ1v) is 4.56. The highest BCUT2D eigenvalue weighted by Gasteiger charge is 2.21. The van der Waals surface area contributed by atoms with E-state index in [0.717, 1.165) is 6.07 Å². The van der Waals surface area contributed by atoms with Crippen LogP contribution >= 0.6 is 0 Å². The van der Waals surface area contributed by atoms with E-state index in [2.05, 4.69) is 0 Å². The Kier molecular flexibility index (Phi) is 3.21. The molecule has 0 aromatic heterocycles. The number of halogens is 2. The third kappa shape index (κ3) is 2.51. The van der Waals surface area contributed by atoms with Crippen LogP contribution in [-0.4, -0.2) is 6.61 Å². The van der Waals surface area contributed by atoms with Crippen LogP contribution in [0.3, 0.4) is 0 Å². The first-order valence-electron chi connectivity index (χ1n) is 4.56. The summed E-state index contributed by atoms with van der Waals surface area (Å²) in [4.78, 5) is 0. The van der Waals surface area contributed by atoms with Crippen LogP contribution in [0.1, 0.15) is 26.3 Å². The van der Waals surface area contributed by atoms with Gasteiger partial charge in [0.25, 0.3) is 0 Å². The zero-order chi connectivity index (χ0) is 10.8. The van der Waals surface area contributed by atoms with E-state index in [4.69, 9.17) is 4.74 Å². The molecule has 0 saturated heterocycles. The summed E-state index contributed by atoms with van der Waals surface area (Å²) in [6.07, 6.45) is 0. The third-order valence-electron chi connectivity index (χ3n) is 2.06. The van der Waals surface area contributed by atoms with Crippen LogP contribution in [-0.2, 0) is 10.3 Å². The second-order valence-electron chi connectivity index (χ2n) is 3.60. The molecule has 0 radical (unpaired) electrons. The van der Waals surface area contributed by atoms with Gasteiger partial charge >= 0.3 is 0 Å². The molecular weight excluding hydrogens is 186 g/mol. The van der Waals surface area contributed by atoms with Crippen molar-refractivity contribution in [3.05, 3.63) is 35.4 Å². The molecule has 14 heavy (non-hydrogen) atoms. The summed E-state index contributed by atoms with van der Waals surface area (Å²) in [6.45, 7) is 5.91. The molecule has 1 aromatic carbocycles. The van der Waals surface area contributed by atoms with Gasteiger partial charge in [-0.25, -0.2) is 8.78 Å². The molecule has 1 nitrogen and oxygen atoms in total. The Balaban J connectivity index is 3.05. The van der Waals surface area contributed by atoms with Gasteiger partial charge in [-0.2, -0.15) is 0 Å². The smallest absolute Gasteiger partial charge is 0.126 e. The normalized spacial score (nSPS) is 11.8. The van der Waals surface area contributed by atoms with Crippen LogP contribution < -0.4 is 0 Å². The van der Waals surface area contributed by atoms with E-state index < -0.39 is 17.2 Å². The Morgan fingerprint density at radius 2 is 1.64 bits per heavy atom. The van der Waals surface area contributed by atoms with E-state index in [1.54, 1.807) is 13.8 Å². The van der Waals surface area contributed by atoms with Crippen LogP contribution in [0.25, 0.3) is 0 Å². The van der Waals surface area contributed by atoms with Gasteiger partial charge in [0.05, 0.1) is 5.60 Å². The lowest BCUT2D eigenvalue weighted by molar-refractivity contribution is -0.0144. The van der Waals surface area contributed by atoms with Gasteiger partial charge in [-0.1, -0.05) is 0 Å². The van der Waals surface area contributed by atoms with E-state index >= 15 is 0 Å². The molecule has 1 rings (SSSR count). The second kappa shape index (κ2) is 4.05. The first-order chi connectivity index (χ1) is 6.45. The summed E-state index contributed by atoms with van der Waals surface area (Å²) in [5.74, 6) is -1.15. The minimum Gasteiger partial charge on any atom is -0.371 e. The highest BCUT2D eigenvalue weighted by atomic mass is 19.1. The van der Waals surface area contributed by atoms with Gasteiger partial charge in [0, 0.05) is 12.7 Å². The third-order valence-corrected chi connectivity index (χ3v) is 2.06. The Morgan fingerprint density at radius 1 is 1.14 bits per heavy atom. The molecule has 0 atom stereocenters. The van der Waals surface area contributed by atoms with Gasteiger partial charge in [0.1, 0.15) is 11.6 Å². The number of hydrogen-bond donors (Lipinski definition) is 0. The second-order valence-corrected chi connectivity index (χ2v) is 3.60. The summed E-state index contributed by atoms with van der Waals surface area (Å²) in [7, 11) is 0. The summed E-state index contributed by atoms with van der Waals surface area (Å²) in [5, 5.41) is 0. The molecule has 0 aliphatic heterocycles. The van der Waals surface area contributed by atoms with Crippen molar-refractivity contribution in [3.63, 3.8) is 0 Å². The van der Waals surface area contributed by atoms with Crippen molar-refractivity contribution in [1.29, 1.82) is 0 Å². The fourth-order valence-corrected chi connectivity index (χ4v) is 1.35. The molecule has 0 aliphatic carbocycles. The standard InChI is InChI=1S/C11H14F2O/c1-4-14-11(2,3)8-5-9(12)7-10(13)6-8/h5-7H,4H2,1-3H3. The van der Waals surface area contributed by atoms with Crippen LogP contribution in [0.5, 0.6) is 0 Å². The molecule has 0 aliphatic rings. The molecule has 0 unspecified atom stereocenters. The molecule has 0 heterocycles. The van der Waals surface area contributed by atoms with Gasteiger partial charge in [-0.3, -0.25) is 0 Å². The van der Waals surface area contributed by atoms with Crippen molar-refractivity contribution < 1.29 is 13.5 Å². The average molecular weight is 200 g/mol. The summed E-state index contributed by atoms with van der Waals surface area (Å²) < 4.78 is 31.2. The fraction of sp³-hybridized carbons (Fsp3) is 0.455. The Hall–Kier alpha value is -0.960. The quantitative estimate of drug-likeness (QED) is 0.727. The Bertz CT molecular complexity index is 301. The minimum absolute atomic E-state index is 0.505. The highest BCUT2D eigenvalue weighted by molar-refractivity contribution is 5.23. The number of benzene rings is 1. The van der Waals surface area contributed by atoms with Gasteiger partial charge in [-0.15, -0.1) is 0 Å². The zero-order valence-electron chi connectivity index (χ0n) is 8.60. The van der Waals surface area contributed by atoms with Gasteiger partial charge in [-0.05, 0) is 38.5 Å². The van der Waals surface area contributed by atoms with Crippen molar-refractivity contribution >= 4 is 0 Å². The van der Waals surface area contributed by atoms with Crippen molar-refractivity contribution in [3.8, 4) is 0 Å². The Morgan fingerprint density at radius 3 is 2.07 bits per heavy atom. The number of rotatable bonds is 3.